The van der Waals surface area contributed by atoms with E-state index in [1.54, 1.807) is 55.5 Å². The van der Waals surface area contributed by atoms with Gasteiger partial charge in [0.2, 0.25) is 5.89 Å². The minimum Gasteiger partial charge on any atom is -0.490 e. The summed E-state index contributed by atoms with van der Waals surface area (Å²) in [4.78, 5) is 32.9. The maximum absolute atomic E-state index is 12.1. The fraction of sp³-hybridized carbons (Fsp3) is 0.273. The van der Waals surface area contributed by atoms with Gasteiger partial charge >= 0.3 is 11.9 Å². The molecule has 0 amide bonds. The number of thioether (sulfide) groups is 1. The second kappa shape index (κ2) is 16.1. The van der Waals surface area contributed by atoms with Crippen LogP contribution in [-0.4, -0.2) is 53.3 Å². The summed E-state index contributed by atoms with van der Waals surface area (Å²) in [5, 5.41) is 21.1. The van der Waals surface area contributed by atoms with Crippen molar-refractivity contribution in [2.45, 2.75) is 49.7 Å². The standard InChI is InChI=1S/C33H32ClN7O6S/c1-17(37)32(42)45-15-24(47-33(43)18(2)38)14-44-23-10-6-20(7-11-23)28-25(12-35)29(39)41-31(26(28)13-36)48-16-27-19(3)46-30(40-27)21-4-8-22(34)9-5-21/h4-11,17-18,24H,14-16,37-38H2,1-3H3,(H2,39,41)/t17-,18?,24-/m0/s1. The van der Waals surface area contributed by atoms with Crippen LogP contribution in [0.25, 0.3) is 22.6 Å². The Morgan fingerprint density at radius 3 is 2.17 bits per heavy atom. The first-order valence-electron chi connectivity index (χ1n) is 14.5. The number of rotatable bonds is 13. The molecular formula is C33H32ClN7O6S. The number of aromatic nitrogens is 2. The summed E-state index contributed by atoms with van der Waals surface area (Å²) in [6.45, 7) is 4.26. The average Bonchev–Trinajstić information content (AvgIpc) is 3.44. The fourth-order valence-corrected chi connectivity index (χ4v) is 5.33. The summed E-state index contributed by atoms with van der Waals surface area (Å²) in [5.41, 5.74) is 19.8. The third-order valence-corrected chi connectivity index (χ3v) is 8.00. The number of nitrogens with two attached hydrogens (primary N) is 3. The Morgan fingerprint density at radius 2 is 1.56 bits per heavy atom. The zero-order chi connectivity index (χ0) is 35.0. The Kier molecular flexibility index (Phi) is 12.0. The van der Waals surface area contributed by atoms with Crippen LogP contribution in [0.2, 0.25) is 5.02 Å². The van der Waals surface area contributed by atoms with E-state index in [9.17, 15) is 20.1 Å². The Labute approximate surface area is 285 Å². The second-order valence-electron chi connectivity index (χ2n) is 10.6. The van der Waals surface area contributed by atoms with Gasteiger partial charge < -0.3 is 35.8 Å². The number of oxazole rings is 1. The van der Waals surface area contributed by atoms with E-state index in [0.717, 1.165) is 5.56 Å². The SMILES string of the molecule is Cc1oc(-c2ccc(Cl)cc2)nc1CSc1nc(N)c(C#N)c(-c2ccc(OC[C@@H](COC(=O)[C@H](C)N)OC(=O)C(C)N)cc2)c1C#N. The van der Waals surface area contributed by atoms with E-state index in [0.29, 0.717) is 50.0 Å². The van der Waals surface area contributed by atoms with E-state index in [4.69, 9.17) is 47.4 Å². The number of aryl methyl sites for hydroxylation is 1. The molecule has 2 aromatic heterocycles. The molecule has 0 aliphatic rings. The van der Waals surface area contributed by atoms with Gasteiger partial charge in [-0.05, 0) is 62.7 Å². The number of hydrogen-bond acceptors (Lipinski definition) is 14. The zero-order valence-corrected chi connectivity index (χ0v) is 27.8. The first-order chi connectivity index (χ1) is 22.9. The number of anilines is 1. The van der Waals surface area contributed by atoms with Gasteiger partial charge in [0.1, 0.15) is 65.4 Å². The second-order valence-corrected chi connectivity index (χ2v) is 12.0. The largest absolute Gasteiger partial charge is 0.490 e. The molecule has 0 fully saturated rings. The number of carbonyl (C=O) groups excluding carboxylic acids is 2. The van der Waals surface area contributed by atoms with Crippen molar-refractivity contribution in [3.05, 3.63) is 76.1 Å². The lowest BCUT2D eigenvalue weighted by molar-refractivity contribution is -0.162. The van der Waals surface area contributed by atoms with Crippen LogP contribution in [0, 0.1) is 29.6 Å². The van der Waals surface area contributed by atoms with E-state index < -0.39 is 30.1 Å². The lowest BCUT2D eigenvalue weighted by atomic mass is 9.97. The minimum absolute atomic E-state index is 0.0341. The molecular weight excluding hydrogens is 658 g/mol. The highest BCUT2D eigenvalue weighted by molar-refractivity contribution is 7.98. The summed E-state index contributed by atoms with van der Waals surface area (Å²) >= 11 is 7.23. The lowest BCUT2D eigenvalue weighted by Crippen LogP contribution is -2.38. The molecule has 4 aromatic rings. The number of carbonyl (C=O) groups is 2. The summed E-state index contributed by atoms with van der Waals surface area (Å²) in [7, 11) is 0. The van der Waals surface area contributed by atoms with Gasteiger partial charge in [0.25, 0.3) is 0 Å². The van der Waals surface area contributed by atoms with Gasteiger partial charge in [-0.1, -0.05) is 35.5 Å². The van der Waals surface area contributed by atoms with Gasteiger partial charge in [0.15, 0.2) is 6.10 Å². The van der Waals surface area contributed by atoms with Gasteiger partial charge in [-0.15, -0.1) is 0 Å². The molecule has 0 spiro atoms. The predicted octanol–water partition coefficient (Wildman–Crippen LogP) is 4.51. The maximum Gasteiger partial charge on any atom is 0.323 e. The van der Waals surface area contributed by atoms with Crippen molar-refractivity contribution in [2.24, 2.45) is 11.5 Å². The van der Waals surface area contributed by atoms with Crippen LogP contribution in [0.1, 0.15) is 36.4 Å². The maximum atomic E-state index is 12.1. The summed E-state index contributed by atoms with van der Waals surface area (Å²) < 4.78 is 22.1. The van der Waals surface area contributed by atoms with E-state index in [1.165, 1.54) is 25.6 Å². The quantitative estimate of drug-likeness (QED) is 0.130. The van der Waals surface area contributed by atoms with E-state index in [-0.39, 0.29) is 30.2 Å². The molecule has 6 N–H and O–H groups in total. The highest BCUT2D eigenvalue weighted by Crippen LogP contribution is 2.37. The molecule has 0 saturated carbocycles. The molecule has 0 saturated heterocycles. The molecule has 2 heterocycles. The van der Waals surface area contributed by atoms with Crippen LogP contribution < -0.4 is 21.9 Å². The molecule has 2 aromatic carbocycles. The normalized spacial score (nSPS) is 12.7. The number of pyridine rings is 1. The molecule has 1 unspecified atom stereocenters. The number of nitrogens with zero attached hydrogens (tertiary/aromatic N) is 4. The van der Waals surface area contributed by atoms with Crippen molar-refractivity contribution < 1.29 is 28.2 Å². The Morgan fingerprint density at radius 1 is 0.938 bits per heavy atom. The van der Waals surface area contributed by atoms with Crippen LogP contribution in [0.15, 0.2) is 58.0 Å². The van der Waals surface area contributed by atoms with Crippen molar-refractivity contribution in [3.63, 3.8) is 0 Å². The van der Waals surface area contributed by atoms with Crippen molar-refractivity contribution in [3.8, 4) is 40.5 Å². The summed E-state index contributed by atoms with van der Waals surface area (Å²) in [6, 6.07) is 16.1. The number of nitriles is 2. The van der Waals surface area contributed by atoms with Crippen LogP contribution in [0.5, 0.6) is 5.75 Å². The van der Waals surface area contributed by atoms with Crippen molar-refractivity contribution in [1.29, 1.82) is 10.5 Å². The smallest absolute Gasteiger partial charge is 0.323 e. The number of esters is 2. The topological polar surface area (TPSA) is 226 Å². The molecule has 48 heavy (non-hydrogen) atoms. The highest BCUT2D eigenvalue weighted by atomic mass is 35.5. The molecule has 0 aliphatic carbocycles. The number of hydrogen-bond donors (Lipinski definition) is 3. The summed E-state index contributed by atoms with van der Waals surface area (Å²) in [6.07, 6.45) is -0.962. The van der Waals surface area contributed by atoms with E-state index in [1.807, 2.05) is 0 Å². The molecule has 0 aliphatic heterocycles. The molecule has 13 nitrogen and oxygen atoms in total. The van der Waals surface area contributed by atoms with Crippen LogP contribution in [0.4, 0.5) is 5.82 Å². The minimum atomic E-state index is -0.962. The third-order valence-electron chi connectivity index (χ3n) is 6.76. The zero-order valence-electron chi connectivity index (χ0n) is 26.2. The van der Waals surface area contributed by atoms with Gasteiger partial charge in [0.05, 0.1) is 11.3 Å². The van der Waals surface area contributed by atoms with Crippen molar-refractivity contribution >= 4 is 41.1 Å². The first kappa shape index (κ1) is 35.7. The number of nitrogen functional groups attached to an aromatic ring is 1. The first-order valence-corrected chi connectivity index (χ1v) is 15.9. The highest BCUT2D eigenvalue weighted by Gasteiger charge is 2.23. The van der Waals surface area contributed by atoms with Crippen LogP contribution in [-0.2, 0) is 24.8 Å². The van der Waals surface area contributed by atoms with Crippen LogP contribution >= 0.6 is 23.4 Å². The van der Waals surface area contributed by atoms with Gasteiger partial charge in [-0.3, -0.25) is 9.59 Å². The number of halogens is 1. The molecule has 3 atom stereocenters. The molecule has 248 valence electrons. The number of benzene rings is 2. The van der Waals surface area contributed by atoms with Crippen molar-refractivity contribution in [1.82, 2.24) is 9.97 Å². The Hall–Kier alpha value is -5.12. The fourth-order valence-electron chi connectivity index (χ4n) is 4.21. The molecule has 15 heteroatoms. The average molecular weight is 690 g/mol. The van der Waals surface area contributed by atoms with Gasteiger partial charge in [-0.25, -0.2) is 9.97 Å². The summed E-state index contributed by atoms with van der Waals surface area (Å²) in [5.74, 6) is 0.310. The monoisotopic (exact) mass is 689 g/mol. The predicted molar refractivity (Wildman–Crippen MR) is 178 cm³/mol. The Bertz CT molecular complexity index is 1870. The van der Waals surface area contributed by atoms with Crippen molar-refractivity contribution in [2.75, 3.05) is 18.9 Å². The number of ether oxygens (including phenoxy) is 3. The lowest BCUT2D eigenvalue weighted by Gasteiger charge is -2.20. The van der Waals surface area contributed by atoms with E-state index >= 15 is 0 Å². The van der Waals surface area contributed by atoms with Gasteiger partial charge in [-0.2, -0.15) is 10.5 Å². The van der Waals surface area contributed by atoms with E-state index in [2.05, 4.69) is 22.1 Å². The molecule has 0 bridgehead atoms. The molecule has 4 rings (SSSR count). The van der Waals surface area contributed by atoms with Crippen LogP contribution in [0.3, 0.4) is 0 Å². The molecule has 0 radical (unpaired) electrons. The third kappa shape index (κ3) is 8.82. The Balaban J connectivity index is 1.54. The van der Waals surface area contributed by atoms with Gasteiger partial charge in [0, 0.05) is 21.9 Å².